The fourth-order valence-corrected chi connectivity index (χ4v) is 2.75. The van der Waals surface area contributed by atoms with Crippen LogP contribution in [0.1, 0.15) is 30.7 Å². The quantitative estimate of drug-likeness (QED) is 0.628. The molecule has 3 amide bonds. The summed E-state index contributed by atoms with van der Waals surface area (Å²) >= 11 is 0. The van der Waals surface area contributed by atoms with E-state index >= 15 is 0 Å². The van der Waals surface area contributed by atoms with Gasteiger partial charge < -0.3 is 20.9 Å². The van der Waals surface area contributed by atoms with Crippen LogP contribution in [0, 0.1) is 19.8 Å². The second kappa shape index (κ2) is 9.02. The van der Waals surface area contributed by atoms with Crippen molar-refractivity contribution in [3.8, 4) is 0 Å². The van der Waals surface area contributed by atoms with Gasteiger partial charge in [0.05, 0.1) is 0 Å². The van der Waals surface area contributed by atoms with E-state index in [1.807, 2.05) is 45.0 Å². The second-order valence-corrected chi connectivity index (χ2v) is 6.85. The summed E-state index contributed by atoms with van der Waals surface area (Å²) in [6, 6.07) is 9.66. The normalized spacial score (nSPS) is 11.7. The Labute approximate surface area is 158 Å². The molecule has 27 heavy (non-hydrogen) atoms. The molecule has 144 valence electrons. The molecule has 1 atom stereocenters. The molecule has 0 spiro atoms. The minimum atomic E-state index is -0.724. The summed E-state index contributed by atoms with van der Waals surface area (Å²) in [5.41, 5.74) is 2.51. The number of H-pyrrole nitrogens is 1. The van der Waals surface area contributed by atoms with Gasteiger partial charge in [-0.1, -0.05) is 32.0 Å². The number of amides is 3. The Hall–Kier alpha value is -3.09. The lowest BCUT2D eigenvalue weighted by atomic mass is 10.0. The number of aromatic nitrogens is 1. The Balaban J connectivity index is 2.00. The number of para-hydroxylation sites is 1. The first-order chi connectivity index (χ1) is 12.8. The molecule has 0 unspecified atom stereocenters. The molecule has 0 saturated carbocycles. The number of pyridine rings is 1. The number of carbonyl (C=O) groups excluding carboxylic acids is 2. The zero-order valence-electron chi connectivity index (χ0n) is 16.1. The Kier molecular flexibility index (Phi) is 6.76. The van der Waals surface area contributed by atoms with Crippen molar-refractivity contribution >= 4 is 17.6 Å². The molecule has 2 aromatic rings. The fourth-order valence-electron chi connectivity index (χ4n) is 2.75. The molecule has 1 aromatic heterocycles. The standard InChI is InChI=1S/C20H26N4O3/c1-12(2)17(24-20(27)23-15-8-6-5-7-9-15)19(26)21-11-16-13(3)10-14(4)22-18(16)25/h5-10,12,17H,11H2,1-4H3,(H,21,26)(H,22,25)(H2,23,24,27)/t17-/m0/s1. The first-order valence-electron chi connectivity index (χ1n) is 8.87. The minimum Gasteiger partial charge on any atom is -0.350 e. The highest BCUT2D eigenvalue weighted by atomic mass is 16.2. The molecule has 7 nitrogen and oxygen atoms in total. The van der Waals surface area contributed by atoms with Crippen LogP contribution in [0.5, 0.6) is 0 Å². The summed E-state index contributed by atoms with van der Waals surface area (Å²) in [4.78, 5) is 39.6. The Morgan fingerprint density at radius 1 is 1.11 bits per heavy atom. The third-order valence-corrected chi connectivity index (χ3v) is 4.20. The lowest BCUT2D eigenvalue weighted by Crippen LogP contribution is -2.51. The molecule has 0 aliphatic carbocycles. The van der Waals surface area contributed by atoms with E-state index in [0.717, 1.165) is 11.3 Å². The van der Waals surface area contributed by atoms with Crippen molar-refractivity contribution in [2.24, 2.45) is 5.92 Å². The van der Waals surface area contributed by atoms with Gasteiger partial charge in [0.2, 0.25) is 5.91 Å². The van der Waals surface area contributed by atoms with Crippen LogP contribution in [0.25, 0.3) is 0 Å². The van der Waals surface area contributed by atoms with Gasteiger partial charge in [0.15, 0.2) is 0 Å². The summed E-state index contributed by atoms with van der Waals surface area (Å²) < 4.78 is 0. The average molecular weight is 370 g/mol. The van der Waals surface area contributed by atoms with Crippen molar-refractivity contribution in [1.29, 1.82) is 0 Å². The third-order valence-electron chi connectivity index (χ3n) is 4.20. The Morgan fingerprint density at radius 2 is 1.78 bits per heavy atom. The summed E-state index contributed by atoms with van der Waals surface area (Å²) in [7, 11) is 0. The fraction of sp³-hybridized carbons (Fsp3) is 0.350. The number of nitrogens with one attached hydrogen (secondary N) is 4. The Bertz CT molecular complexity index is 859. The number of urea groups is 1. The first-order valence-corrected chi connectivity index (χ1v) is 8.87. The average Bonchev–Trinajstić information content (AvgIpc) is 2.59. The summed E-state index contributed by atoms with van der Waals surface area (Å²) in [5.74, 6) is -0.462. The highest BCUT2D eigenvalue weighted by Crippen LogP contribution is 2.08. The summed E-state index contributed by atoms with van der Waals surface area (Å²) in [6.45, 7) is 7.43. The minimum absolute atomic E-state index is 0.103. The molecular weight excluding hydrogens is 344 g/mol. The molecule has 1 heterocycles. The van der Waals surface area contributed by atoms with Crippen molar-refractivity contribution in [2.75, 3.05) is 5.32 Å². The van der Waals surface area contributed by atoms with Gasteiger partial charge in [-0.2, -0.15) is 0 Å². The molecule has 0 aliphatic rings. The van der Waals surface area contributed by atoms with E-state index in [4.69, 9.17) is 0 Å². The van der Waals surface area contributed by atoms with Crippen LogP contribution >= 0.6 is 0 Å². The topological polar surface area (TPSA) is 103 Å². The number of hydrogen-bond acceptors (Lipinski definition) is 3. The van der Waals surface area contributed by atoms with Crippen molar-refractivity contribution in [3.63, 3.8) is 0 Å². The number of carbonyl (C=O) groups is 2. The smallest absolute Gasteiger partial charge is 0.319 e. The van der Waals surface area contributed by atoms with Crippen LogP contribution in [0.15, 0.2) is 41.2 Å². The van der Waals surface area contributed by atoms with Gasteiger partial charge >= 0.3 is 6.03 Å². The molecule has 1 aromatic carbocycles. The molecule has 2 rings (SSSR count). The molecule has 0 radical (unpaired) electrons. The lowest BCUT2D eigenvalue weighted by Gasteiger charge is -2.22. The van der Waals surface area contributed by atoms with Crippen molar-refractivity contribution in [1.82, 2.24) is 15.6 Å². The summed E-state index contributed by atoms with van der Waals surface area (Å²) in [5, 5.41) is 8.14. The predicted molar refractivity (Wildman–Crippen MR) is 106 cm³/mol. The van der Waals surface area contributed by atoms with E-state index in [1.165, 1.54) is 0 Å². The monoisotopic (exact) mass is 370 g/mol. The van der Waals surface area contributed by atoms with Gasteiger partial charge in [0.25, 0.3) is 5.56 Å². The number of benzene rings is 1. The largest absolute Gasteiger partial charge is 0.350 e. The van der Waals surface area contributed by atoms with Crippen LogP contribution in [-0.4, -0.2) is 23.0 Å². The van der Waals surface area contributed by atoms with E-state index in [0.29, 0.717) is 11.3 Å². The zero-order valence-corrected chi connectivity index (χ0v) is 16.1. The van der Waals surface area contributed by atoms with E-state index in [2.05, 4.69) is 20.9 Å². The number of hydrogen-bond donors (Lipinski definition) is 4. The van der Waals surface area contributed by atoms with Gasteiger partial charge in [-0.15, -0.1) is 0 Å². The maximum atomic E-state index is 12.6. The van der Waals surface area contributed by atoms with E-state index in [1.54, 1.807) is 19.1 Å². The first kappa shape index (κ1) is 20.2. The van der Waals surface area contributed by atoms with Crippen molar-refractivity contribution in [3.05, 3.63) is 63.6 Å². The Morgan fingerprint density at radius 3 is 2.37 bits per heavy atom. The van der Waals surface area contributed by atoms with Crippen LogP contribution in [0.2, 0.25) is 0 Å². The van der Waals surface area contributed by atoms with Crippen LogP contribution in [0.4, 0.5) is 10.5 Å². The van der Waals surface area contributed by atoms with Gasteiger partial charge in [-0.3, -0.25) is 9.59 Å². The molecule has 7 heteroatoms. The number of rotatable bonds is 6. The van der Waals surface area contributed by atoms with Crippen molar-refractivity contribution in [2.45, 2.75) is 40.3 Å². The molecule has 0 bridgehead atoms. The van der Waals surface area contributed by atoms with Gasteiger partial charge in [-0.05, 0) is 43.5 Å². The van der Waals surface area contributed by atoms with Gasteiger partial charge in [0, 0.05) is 23.5 Å². The van der Waals surface area contributed by atoms with Crippen LogP contribution in [0.3, 0.4) is 0 Å². The second-order valence-electron chi connectivity index (χ2n) is 6.85. The highest BCUT2D eigenvalue weighted by molar-refractivity contribution is 5.93. The molecule has 0 aliphatic heterocycles. The van der Waals surface area contributed by atoms with E-state index < -0.39 is 12.1 Å². The molecule has 0 saturated heterocycles. The highest BCUT2D eigenvalue weighted by Gasteiger charge is 2.24. The van der Waals surface area contributed by atoms with Crippen LogP contribution < -0.4 is 21.5 Å². The van der Waals surface area contributed by atoms with Gasteiger partial charge in [0.1, 0.15) is 6.04 Å². The summed E-state index contributed by atoms with van der Waals surface area (Å²) in [6.07, 6.45) is 0. The molecular formula is C20H26N4O3. The number of aryl methyl sites for hydroxylation is 2. The predicted octanol–water partition coefficient (Wildman–Crippen LogP) is 2.45. The van der Waals surface area contributed by atoms with Crippen molar-refractivity contribution < 1.29 is 9.59 Å². The van der Waals surface area contributed by atoms with Gasteiger partial charge in [-0.25, -0.2) is 4.79 Å². The SMILES string of the molecule is Cc1cc(C)c(CNC(=O)[C@@H](NC(=O)Nc2ccccc2)C(C)C)c(=O)[nH]1. The number of anilines is 1. The zero-order chi connectivity index (χ0) is 20.0. The lowest BCUT2D eigenvalue weighted by molar-refractivity contribution is -0.124. The third kappa shape index (κ3) is 5.70. The van der Waals surface area contributed by atoms with Crippen LogP contribution in [-0.2, 0) is 11.3 Å². The number of aromatic amines is 1. The van der Waals surface area contributed by atoms with E-state index in [-0.39, 0.29) is 23.9 Å². The maximum absolute atomic E-state index is 12.6. The maximum Gasteiger partial charge on any atom is 0.319 e. The van der Waals surface area contributed by atoms with E-state index in [9.17, 15) is 14.4 Å². The molecule has 0 fully saturated rings. The molecule has 4 N–H and O–H groups in total.